The van der Waals surface area contributed by atoms with E-state index in [1.165, 1.54) is 12.1 Å². The van der Waals surface area contributed by atoms with Crippen LogP contribution in [-0.4, -0.2) is 34.4 Å². The summed E-state index contributed by atoms with van der Waals surface area (Å²) in [5.74, 6) is -2.85. The van der Waals surface area contributed by atoms with E-state index in [2.05, 4.69) is 21.4 Å². The number of aliphatic carboxylic acids is 1. The summed E-state index contributed by atoms with van der Waals surface area (Å²) >= 11 is 3.10. The van der Waals surface area contributed by atoms with Crippen LogP contribution < -0.4 is 15.2 Å². The Hall–Kier alpha value is -3.73. The number of carbonyl (C=O) groups is 3. The number of hydrazine groups is 1. The average Bonchev–Trinajstić information content (AvgIpc) is 2.95. The molecule has 0 aromatic heterocycles. The number of carbonyl (C=O) groups excluding carboxylic acids is 2. The Morgan fingerprint density at radius 1 is 1.28 bits per heavy atom. The van der Waals surface area contributed by atoms with Gasteiger partial charge in [-0.1, -0.05) is 18.2 Å². The lowest BCUT2D eigenvalue weighted by atomic mass is 10.1. The molecule has 1 saturated heterocycles. The molecule has 2 aromatic carbocycles. The molecule has 1 aliphatic heterocycles. The minimum atomic E-state index is -1.30. The van der Waals surface area contributed by atoms with Crippen LogP contribution in [0.2, 0.25) is 0 Å². The first kappa shape index (κ1) is 20.0. The number of nitrogens with one attached hydrogen (secondary N) is 1. The highest BCUT2D eigenvalue weighted by molar-refractivity contribution is 9.10. The lowest BCUT2D eigenvalue weighted by Gasteiger charge is -2.13. The summed E-state index contributed by atoms with van der Waals surface area (Å²) in [6, 6.07) is 10.9. The van der Waals surface area contributed by atoms with Crippen molar-refractivity contribution in [2.75, 3.05) is 11.6 Å². The van der Waals surface area contributed by atoms with Crippen molar-refractivity contribution in [1.29, 1.82) is 0 Å². The van der Waals surface area contributed by atoms with Crippen LogP contribution in [0.5, 0.6) is 5.75 Å². The molecule has 1 heterocycles. The molecule has 0 radical (unpaired) electrons. The SMILES string of the molecule is O=C(O)COc1c(Br)cc(/C=C2/C(=O)NN(c3ccccc3)C2=O)cc1[N+](=O)[O-]. The molecule has 0 aliphatic carbocycles. The molecule has 0 saturated carbocycles. The van der Waals surface area contributed by atoms with Gasteiger partial charge >= 0.3 is 11.7 Å². The van der Waals surface area contributed by atoms with Gasteiger partial charge in [-0.2, -0.15) is 0 Å². The number of rotatable bonds is 6. The highest BCUT2D eigenvalue weighted by atomic mass is 79.9. The fourth-order valence-electron chi connectivity index (χ4n) is 2.58. The molecular weight excluding hydrogens is 450 g/mol. The van der Waals surface area contributed by atoms with Gasteiger partial charge in [0.15, 0.2) is 6.61 Å². The van der Waals surface area contributed by atoms with Crippen molar-refractivity contribution in [2.24, 2.45) is 0 Å². The zero-order valence-corrected chi connectivity index (χ0v) is 16.1. The molecule has 1 aliphatic rings. The Bertz CT molecular complexity index is 1050. The van der Waals surface area contributed by atoms with Gasteiger partial charge in [-0.3, -0.25) is 25.1 Å². The summed E-state index contributed by atoms with van der Waals surface area (Å²) in [7, 11) is 0. The van der Waals surface area contributed by atoms with Gasteiger partial charge in [-0.15, -0.1) is 0 Å². The van der Waals surface area contributed by atoms with Crippen molar-refractivity contribution in [3.63, 3.8) is 0 Å². The summed E-state index contributed by atoms with van der Waals surface area (Å²) in [5.41, 5.74) is 2.34. The summed E-state index contributed by atoms with van der Waals surface area (Å²) in [5, 5.41) is 21.1. The van der Waals surface area contributed by atoms with E-state index in [0.29, 0.717) is 5.69 Å². The van der Waals surface area contributed by atoms with Gasteiger partial charge in [-0.25, -0.2) is 9.80 Å². The predicted molar refractivity (Wildman–Crippen MR) is 104 cm³/mol. The molecule has 10 nitrogen and oxygen atoms in total. The Balaban J connectivity index is 1.97. The predicted octanol–water partition coefficient (Wildman–Crippen LogP) is 2.28. The summed E-state index contributed by atoms with van der Waals surface area (Å²) < 4.78 is 5.07. The van der Waals surface area contributed by atoms with Gasteiger partial charge in [0, 0.05) is 6.07 Å². The molecule has 0 unspecified atom stereocenters. The third-order valence-corrected chi connectivity index (χ3v) is 4.39. The van der Waals surface area contributed by atoms with E-state index in [-0.39, 0.29) is 21.4 Å². The zero-order chi connectivity index (χ0) is 21.1. The number of anilines is 1. The molecule has 1 fully saturated rings. The summed E-state index contributed by atoms with van der Waals surface area (Å²) in [6.07, 6.45) is 1.21. The van der Waals surface area contributed by atoms with E-state index in [9.17, 15) is 24.5 Å². The van der Waals surface area contributed by atoms with Crippen LogP contribution in [0.3, 0.4) is 0 Å². The fourth-order valence-corrected chi connectivity index (χ4v) is 3.16. The van der Waals surface area contributed by atoms with E-state index in [1.54, 1.807) is 30.3 Å². The molecule has 29 heavy (non-hydrogen) atoms. The Labute approximate surface area is 171 Å². The number of amides is 2. The van der Waals surface area contributed by atoms with Crippen molar-refractivity contribution < 1.29 is 29.2 Å². The molecule has 2 aromatic rings. The van der Waals surface area contributed by atoms with Crippen molar-refractivity contribution in [1.82, 2.24) is 5.43 Å². The van der Waals surface area contributed by atoms with Crippen LogP contribution in [0, 0.1) is 10.1 Å². The number of nitro groups is 1. The van der Waals surface area contributed by atoms with Crippen molar-refractivity contribution in [2.45, 2.75) is 0 Å². The van der Waals surface area contributed by atoms with Gasteiger partial charge in [0.25, 0.3) is 11.8 Å². The summed E-state index contributed by atoms with van der Waals surface area (Å²) in [6.45, 7) is -0.771. The van der Waals surface area contributed by atoms with Crippen LogP contribution in [0.1, 0.15) is 5.56 Å². The second-order valence-electron chi connectivity index (χ2n) is 5.77. The first-order valence-corrected chi connectivity index (χ1v) is 8.82. The van der Waals surface area contributed by atoms with Crippen LogP contribution in [0.25, 0.3) is 6.08 Å². The van der Waals surface area contributed by atoms with E-state index in [4.69, 9.17) is 9.84 Å². The molecule has 2 N–H and O–H groups in total. The van der Waals surface area contributed by atoms with Gasteiger partial charge in [-0.05, 0) is 45.8 Å². The highest BCUT2D eigenvalue weighted by Gasteiger charge is 2.34. The molecule has 11 heteroatoms. The van der Waals surface area contributed by atoms with Crippen LogP contribution >= 0.6 is 15.9 Å². The number of hydrogen-bond donors (Lipinski definition) is 2. The monoisotopic (exact) mass is 461 g/mol. The van der Waals surface area contributed by atoms with Gasteiger partial charge in [0.05, 0.1) is 15.1 Å². The van der Waals surface area contributed by atoms with Crippen molar-refractivity contribution in [3.8, 4) is 5.75 Å². The van der Waals surface area contributed by atoms with E-state index >= 15 is 0 Å². The van der Waals surface area contributed by atoms with Gasteiger partial charge < -0.3 is 9.84 Å². The highest BCUT2D eigenvalue weighted by Crippen LogP contribution is 2.37. The number of nitrogens with zero attached hydrogens (tertiary/aromatic N) is 2. The zero-order valence-electron chi connectivity index (χ0n) is 14.5. The molecule has 3 rings (SSSR count). The average molecular weight is 462 g/mol. The normalized spacial score (nSPS) is 14.8. The third-order valence-electron chi connectivity index (χ3n) is 3.80. The summed E-state index contributed by atoms with van der Waals surface area (Å²) in [4.78, 5) is 46.1. The molecular formula is C18H12BrN3O7. The van der Waals surface area contributed by atoms with Crippen molar-refractivity contribution in [3.05, 3.63) is 68.2 Å². The number of hydrogen-bond acceptors (Lipinski definition) is 6. The molecule has 0 bridgehead atoms. The Morgan fingerprint density at radius 2 is 1.97 bits per heavy atom. The van der Waals surface area contributed by atoms with Crippen LogP contribution in [-0.2, 0) is 14.4 Å². The van der Waals surface area contributed by atoms with Gasteiger partial charge in [0.1, 0.15) is 5.57 Å². The number of para-hydroxylation sites is 1. The maximum atomic E-state index is 12.6. The molecule has 0 atom stereocenters. The van der Waals surface area contributed by atoms with Crippen molar-refractivity contribution >= 4 is 51.2 Å². The standard InChI is InChI=1S/C18H12BrN3O7/c19-13-7-10(8-14(22(27)28)16(13)29-9-15(23)24)6-12-17(25)20-21(18(12)26)11-4-2-1-3-5-11/h1-8H,9H2,(H,20,25)(H,23,24)/b12-6-. The lowest BCUT2D eigenvalue weighted by molar-refractivity contribution is -0.385. The van der Waals surface area contributed by atoms with E-state index in [1.807, 2.05) is 0 Å². The minimum Gasteiger partial charge on any atom is -0.479 e. The van der Waals surface area contributed by atoms with Crippen LogP contribution in [0.15, 0.2) is 52.5 Å². The van der Waals surface area contributed by atoms with Gasteiger partial charge in [0.2, 0.25) is 5.75 Å². The quantitative estimate of drug-likeness (QED) is 0.291. The maximum absolute atomic E-state index is 12.6. The lowest BCUT2D eigenvalue weighted by Crippen LogP contribution is -2.35. The smallest absolute Gasteiger partial charge is 0.341 e. The Morgan fingerprint density at radius 3 is 2.59 bits per heavy atom. The number of carboxylic acid groups (broad SMARTS) is 1. The van der Waals surface area contributed by atoms with E-state index in [0.717, 1.165) is 11.1 Å². The maximum Gasteiger partial charge on any atom is 0.341 e. The first-order valence-electron chi connectivity index (χ1n) is 8.02. The largest absolute Gasteiger partial charge is 0.479 e. The van der Waals surface area contributed by atoms with E-state index < -0.39 is 35.0 Å². The minimum absolute atomic E-state index is 0.102. The number of nitro benzene ring substituents is 1. The molecule has 0 spiro atoms. The second kappa shape index (κ2) is 8.10. The number of carboxylic acids is 1. The first-order chi connectivity index (χ1) is 13.8. The van der Waals surface area contributed by atoms with Crippen LogP contribution in [0.4, 0.5) is 11.4 Å². The third kappa shape index (κ3) is 4.24. The second-order valence-corrected chi connectivity index (χ2v) is 6.62. The number of halogens is 1. The number of benzene rings is 2. The molecule has 2 amide bonds. The number of ether oxygens (including phenoxy) is 1. The fraction of sp³-hybridized carbons (Fsp3) is 0.0556. The topological polar surface area (TPSA) is 139 Å². The Kier molecular flexibility index (Phi) is 5.59. The molecule has 148 valence electrons.